The average molecular weight is 247 g/mol. The van der Waals surface area contributed by atoms with Gasteiger partial charge in [0.2, 0.25) is 0 Å². The second-order valence-electron chi connectivity index (χ2n) is 2.25. The zero-order valence-corrected chi connectivity index (χ0v) is 11.5. The van der Waals surface area contributed by atoms with Crippen LogP contribution in [0.1, 0.15) is 5.56 Å². The van der Waals surface area contributed by atoms with Crippen LogP contribution in [-0.2, 0) is 11.1 Å². The summed E-state index contributed by atoms with van der Waals surface area (Å²) in [5.74, 6) is 0. The van der Waals surface area contributed by atoms with Crippen molar-refractivity contribution in [3.05, 3.63) is 27.7 Å². The van der Waals surface area contributed by atoms with Gasteiger partial charge >= 0.3 is 29.6 Å². The van der Waals surface area contributed by atoms with Gasteiger partial charge in [-0.1, -0.05) is 23.2 Å². The summed E-state index contributed by atoms with van der Waals surface area (Å²) in [6, 6.07) is 2.73. The van der Waals surface area contributed by atoms with Gasteiger partial charge in [0.25, 0.3) is 0 Å². The van der Waals surface area contributed by atoms with Crippen molar-refractivity contribution < 1.29 is 38.3 Å². The van der Waals surface area contributed by atoms with E-state index < -0.39 is 11.1 Å². The molecule has 1 unspecified atom stereocenters. The maximum atomic E-state index is 10.5. The van der Waals surface area contributed by atoms with E-state index in [4.69, 9.17) is 23.2 Å². The Morgan fingerprint density at radius 2 is 1.69 bits per heavy atom. The summed E-state index contributed by atoms with van der Waals surface area (Å²) in [7, 11) is 0. The summed E-state index contributed by atoms with van der Waals surface area (Å²) in [5, 5.41) is 0.725. The SMILES string of the molecule is Cc1c(Cl)cc(S(=O)[O-])cc1Cl.[Na+]. The molecule has 6 heteroatoms. The number of hydrogen-bond acceptors (Lipinski definition) is 2. The van der Waals surface area contributed by atoms with E-state index in [-0.39, 0.29) is 34.5 Å². The van der Waals surface area contributed by atoms with Gasteiger partial charge in [0, 0.05) is 14.9 Å². The van der Waals surface area contributed by atoms with Crippen LogP contribution >= 0.6 is 23.2 Å². The first-order valence-electron chi connectivity index (χ1n) is 3.07. The molecule has 0 aliphatic carbocycles. The van der Waals surface area contributed by atoms with Crippen molar-refractivity contribution in [2.75, 3.05) is 0 Å². The molecule has 0 amide bonds. The Kier molecular flexibility index (Phi) is 6.11. The van der Waals surface area contributed by atoms with Gasteiger partial charge in [0.1, 0.15) is 0 Å². The molecule has 0 saturated carbocycles. The molecule has 0 aliphatic rings. The molecule has 0 spiro atoms. The van der Waals surface area contributed by atoms with Crippen molar-refractivity contribution in [3.8, 4) is 0 Å². The fourth-order valence-corrected chi connectivity index (χ4v) is 1.76. The molecular weight excluding hydrogens is 242 g/mol. The van der Waals surface area contributed by atoms with Crippen molar-refractivity contribution in [1.29, 1.82) is 0 Å². The third-order valence-corrected chi connectivity index (χ3v) is 2.85. The van der Waals surface area contributed by atoms with E-state index in [1.165, 1.54) is 12.1 Å². The van der Waals surface area contributed by atoms with Crippen molar-refractivity contribution in [2.24, 2.45) is 0 Å². The maximum Gasteiger partial charge on any atom is 1.00 e. The third kappa shape index (κ3) is 3.51. The Hall–Kier alpha value is 0.910. The van der Waals surface area contributed by atoms with Crippen molar-refractivity contribution in [2.45, 2.75) is 11.8 Å². The topological polar surface area (TPSA) is 40.1 Å². The molecule has 0 N–H and O–H groups in total. The van der Waals surface area contributed by atoms with Crippen LogP contribution in [0.25, 0.3) is 0 Å². The fraction of sp³-hybridized carbons (Fsp3) is 0.143. The van der Waals surface area contributed by atoms with Crippen molar-refractivity contribution in [1.82, 2.24) is 0 Å². The molecule has 13 heavy (non-hydrogen) atoms. The zero-order valence-electron chi connectivity index (χ0n) is 7.14. The third-order valence-electron chi connectivity index (χ3n) is 1.45. The minimum Gasteiger partial charge on any atom is -0.768 e. The quantitative estimate of drug-likeness (QED) is 0.498. The molecule has 1 rings (SSSR count). The van der Waals surface area contributed by atoms with E-state index in [2.05, 4.69) is 0 Å². The minimum absolute atomic E-state index is 0. The molecule has 2 nitrogen and oxygen atoms in total. The van der Waals surface area contributed by atoms with Gasteiger partial charge in [-0.25, -0.2) is 0 Å². The molecule has 0 heterocycles. The molecule has 1 atom stereocenters. The van der Waals surface area contributed by atoms with Crippen LogP contribution in [0.2, 0.25) is 10.0 Å². The molecule has 0 saturated heterocycles. The Labute approximate surface area is 111 Å². The standard InChI is InChI=1S/C7H6Cl2O2S.Na/c1-4-6(8)2-5(12(10)11)3-7(4)9;/h2-3H,1H3,(H,10,11);/q;+1/p-1. The Morgan fingerprint density at radius 3 is 2.00 bits per heavy atom. The van der Waals surface area contributed by atoms with Gasteiger partial charge in [-0.05, 0) is 35.7 Å². The van der Waals surface area contributed by atoms with E-state index in [9.17, 15) is 8.76 Å². The smallest absolute Gasteiger partial charge is 0.768 e. The van der Waals surface area contributed by atoms with E-state index in [0.717, 1.165) is 0 Å². The van der Waals surface area contributed by atoms with Gasteiger partial charge in [-0.2, -0.15) is 0 Å². The second kappa shape index (κ2) is 5.71. The van der Waals surface area contributed by atoms with Crippen LogP contribution in [0.5, 0.6) is 0 Å². The Balaban J connectivity index is 0.00000144. The average Bonchev–Trinajstić information content (AvgIpc) is 1.99. The van der Waals surface area contributed by atoms with Gasteiger partial charge in [0.15, 0.2) is 0 Å². The molecule has 1 aromatic carbocycles. The van der Waals surface area contributed by atoms with Gasteiger partial charge in [-0.15, -0.1) is 0 Å². The van der Waals surface area contributed by atoms with Crippen LogP contribution < -0.4 is 29.6 Å². The van der Waals surface area contributed by atoms with E-state index >= 15 is 0 Å². The Morgan fingerprint density at radius 1 is 1.31 bits per heavy atom. The number of halogens is 2. The van der Waals surface area contributed by atoms with Gasteiger partial charge in [-0.3, -0.25) is 4.21 Å². The maximum absolute atomic E-state index is 10.5. The van der Waals surface area contributed by atoms with Crippen LogP contribution in [0.3, 0.4) is 0 Å². The number of benzene rings is 1. The zero-order chi connectivity index (χ0) is 9.30. The number of hydrogen-bond donors (Lipinski definition) is 0. The molecule has 0 bridgehead atoms. The fourth-order valence-electron chi connectivity index (χ4n) is 0.718. The molecule has 0 aromatic heterocycles. The van der Waals surface area contributed by atoms with Crippen molar-refractivity contribution >= 4 is 34.3 Å². The van der Waals surface area contributed by atoms with Gasteiger partial charge < -0.3 is 4.55 Å². The van der Waals surface area contributed by atoms with Crippen LogP contribution in [0.15, 0.2) is 17.0 Å². The summed E-state index contributed by atoms with van der Waals surface area (Å²) in [4.78, 5) is 0.107. The van der Waals surface area contributed by atoms with E-state index in [1.54, 1.807) is 6.92 Å². The summed E-state index contributed by atoms with van der Waals surface area (Å²) in [6.45, 7) is 1.72. The molecule has 0 radical (unpaired) electrons. The first-order valence-corrected chi connectivity index (χ1v) is 4.90. The first kappa shape index (κ1) is 13.9. The summed E-state index contributed by atoms with van der Waals surface area (Å²) in [6.07, 6.45) is 0. The predicted molar refractivity (Wildman–Crippen MR) is 48.4 cm³/mol. The monoisotopic (exact) mass is 246 g/mol. The normalized spacial score (nSPS) is 12.0. The van der Waals surface area contributed by atoms with Crippen LogP contribution in [0.4, 0.5) is 0 Å². The van der Waals surface area contributed by atoms with Gasteiger partial charge in [0.05, 0.1) is 0 Å². The minimum atomic E-state index is -2.28. The summed E-state index contributed by atoms with van der Waals surface area (Å²) < 4.78 is 21.0. The second-order valence-corrected chi connectivity index (χ2v) is 4.00. The number of rotatable bonds is 1. The predicted octanol–water partition coefficient (Wildman–Crippen LogP) is -0.456. The van der Waals surface area contributed by atoms with Crippen molar-refractivity contribution in [3.63, 3.8) is 0 Å². The molecule has 1 aromatic rings. The van der Waals surface area contributed by atoms with Crippen LogP contribution in [0, 0.1) is 6.92 Å². The molecule has 66 valence electrons. The van der Waals surface area contributed by atoms with Crippen LogP contribution in [-0.4, -0.2) is 8.76 Å². The first-order chi connectivity index (χ1) is 5.52. The Bertz CT molecular complexity index is 320. The molecular formula is C7H5Cl2NaO2S. The summed E-state index contributed by atoms with van der Waals surface area (Å²) in [5.41, 5.74) is 0.688. The summed E-state index contributed by atoms with van der Waals surface area (Å²) >= 11 is 9.13. The molecule has 0 fully saturated rings. The molecule has 0 aliphatic heterocycles. The largest absolute Gasteiger partial charge is 1.00 e. The van der Waals surface area contributed by atoms with E-state index in [0.29, 0.717) is 15.6 Å². The van der Waals surface area contributed by atoms with E-state index in [1.807, 2.05) is 0 Å².